The lowest BCUT2D eigenvalue weighted by Gasteiger charge is -2.29. The number of morpholine rings is 1. The minimum absolute atomic E-state index is 0.349. The largest absolute Gasteiger partial charge is 0.389 e. The molecule has 0 aromatic rings. The Kier molecular flexibility index (Phi) is 7.96. The van der Waals surface area contributed by atoms with E-state index in [9.17, 15) is 5.11 Å². The first kappa shape index (κ1) is 17.2. The van der Waals surface area contributed by atoms with Crippen LogP contribution in [0.15, 0.2) is 0 Å². The fourth-order valence-corrected chi connectivity index (χ4v) is 3.15. The second kappa shape index (κ2) is 9.74. The maximum atomic E-state index is 9.98. The van der Waals surface area contributed by atoms with Gasteiger partial charge in [0.05, 0.1) is 32.0 Å². The van der Waals surface area contributed by atoms with Crippen LogP contribution >= 0.6 is 0 Å². The van der Waals surface area contributed by atoms with Gasteiger partial charge in [0.2, 0.25) is 0 Å². The van der Waals surface area contributed by atoms with Crippen molar-refractivity contribution in [2.75, 3.05) is 52.5 Å². The smallest absolute Gasteiger partial charge is 0.0897 e. The van der Waals surface area contributed by atoms with E-state index in [-0.39, 0.29) is 0 Å². The molecule has 1 aliphatic carbocycles. The average Bonchev–Trinajstić information content (AvgIpc) is 2.52. The SMILES string of the molecule is CC1CCCCC1OCC(O)CNCCN1CCOCC1. The van der Waals surface area contributed by atoms with Crippen LogP contribution < -0.4 is 5.32 Å². The summed E-state index contributed by atoms with van der Waals surface area (Å²) in [5, 5.41) is 13.3. The molecule has 5 nitrogen and oxygen atoms in total. The quantitative estimate of drug-likeness (QED) is 0.651. The molecule has 1 heterocycles. The Morgan fingerprint density at radius 3 is 2.81 bits per heavy atom. The maximum absolute atomic E-state index is 9.98. The molecule has 1 aliphatic heterocycles. The van der Waals surface area contributed by atoms with Crippen molar-refractivity contribution < 1.29 is 14.6 Å². The summed E-state index contributed by atoms with van der Waals surface area (Å²) in [6.07, 6.45) is 4.96. The molecule has 124 valence electrons. The van der Waals surface area contributed by atoms with Crippen molar-refractivity contribution in [2.24, 2.45) is 5.92 Å². The van der Waals surface area contributed by atoms with E-state index in [4.69, 9.17) is 9.47 Å². The van der Waals surface area contributed by atoms with Gasteiger partial charge in [-0.1, -0.05) is 19.8 Å². The molecule has 0 aromatic heterocycles. The van der Waals surface area contributed by atoms with Gasteiger partial charge in [-0.25, -0.2) is 0 Å². The molecule has 0 bridgehead atoms. The lowest BCUT2D eigenvalue weighted by Crippen LogP contribution is -2.42. The van der Waals surface area contributed by atoms with Crippen molar-refractivity contribution >= 4 is 0 Å². The Hall–Kier alpha value is -0.200. The second-order valence-electron chi connectivity index (χ2n) is 6.45. The fraction of sp³-hybridized carbons (Fsp3) is 1.00. The van der Waals surface area contributed by atoms with Crippen molar-refractivity contribution in [1.29, 1.82) is 0 Å². The van der Waals surface area contributed by atoms with Gasteiger partial charge in [-0.05, 0) is 18.8 Å². The number of hydrogen-bond acceptors (Lipinski definition) is 5. The van der Waals surface area contributed by atoms with Gasteiger partial charge in [-0.15, -0.1) is 0 Å². The molecule has 2 N–H and O–H groups in total. The summed E-state index contributed by atoms with van der Waals surface area (Å²) in [7, 11) is 0. The van der Waals surface area contributed by atoms with E-state index in [1.165, 1.54) is 19.3 Å². The molecule has 1 saturated carbocycles. The van der Waals surface area contributed by atoms with Gasteiger partial charge in [0.15, 0.2) is 0 Å². The lowest BCUT2D eigenvalue weighted by atomic mass is 9.88. The van der Waals surface area contributed by atoms with Gasteiger partial charge in [0.1, 0.15) is 0 Å². The molecule has 21 heavy (non-hydrogen) atoms. The van der Waals surface area contributed by atoms with Crippen LogP contribution in [0.1, 0.15) is 32.6 Å². The van der Waals surface area contributed by atoms with Crippen LogP contribution in [0, 0.1) is 5.92 Å². The maximum Gasteiger partial charge on any atom is 0.0897 e. The van der Waals surface area contributed by atoms with Crippen molar-refractivity contribution in [2.45, 2.75) is 44.8 Å². The molecule has 3 unspecified atom stereocenters. The first-order chi connectivity index (χ1) is 10.3. The van der Waals surface area contributed by atoms with Gasteiger partial charge in [0, 0.05) is 32.7 Å². The number of nitrogens with zero attached hydrogens (tertiary/aromatic N) is 1. The number of hydrogen-bond donors (Lipinski definition) is 2. The highest BCUT2D eigenvalue weighted by molar-refractivity contribution is 4.73. The van der Waals surface area contributed by atoms with Crippen LogP contribution in [0.4, 0.5) is 0 Å². The van der Waals surface area contributed by atoms with E-state index in [1.807, 2.05) is 0 Å². The molecule has 0 spiro atoms. The van der Waals surface area contributed by atoms with Gasteiger partial charge < -0.3 is 19.9 Å². The van der Waals surface area contributed by atoms with Gasteiger partial charge in [-0.3, -0.25) is 4.90 Å². The van der Waals surface area contributed by atoms with Gasteiger partial charge in [0.25, 0.3) is 0 Å². The minimum Gasteiger partial charge on any atom is -0.389 e. The van der Waals surface area contributed by atoms with Crippen LogP contribution in [-0.2, 0) is 9.47 Å². The third-order valence-electron chi connectivity index (χ3n) is 4.62. The summed E-state index contributed by atoms with van der Waals surface area (Å²) < 4.78 is 11.2. The highest BCUT2D eigenvalue weighted by Gasteiger charge is 2.22. The number of nitrogens with one attached hydrogen (secondary N) is 1. The highest BCUT2D eigenvalue weighted by atomic mass is 16.5. The van der Waals surface area contributed by atoms with E-state index >= 15 is 0 Å². The van der Waals surface area contributed by atoms with Crippen molar-refractivity contribution in [1.82, 2.24) is 10.2 Å². The summed E-state index contributed by atoms with van der Waals surface area (Å²) in [5.74, 6) is 0.639. The van der Waals surface area contributed by atoms with Crippen molar-refractivity contribution in [3.8, 4) is 0 Å². The molecular formula is C16H32N2O3. The molecule has 2 aliphatic rings. The molecule has 0 amide bonds. The lowest BCUT2D eigenvalue weighted by molar-refractivity contribution is -0.0452. The zero-order valence-corrected chi connectivity index (χ0v) is 13.4. The number of rotatable bonds is 8. The Bertz CT molecular complexity index is 272. The Morgan fingerprint density at radius 1 is 1.29 bits per heavy atom. The van der Waals surface area contributed by atoms with E-state index in [2.05, 4.69) is 17.1 Å². The van der Waals surface area contributed by atoms with Gasteiger partial charge >= 0.3 is 0 Å². The van der Waals surface area contributed by atoms with E-state index < -0.39 is 6.10 Å². The minimum atomic E-state index is -0.399. The van der Waals surface area contributed by atoms with Crippen LogP contribution in [0.3, 0.4) is 0 Å². The van der Waals surface area contributed by atoms with E-state index in [0.29, 0.717) is 25.2 Å². The molecule has 2 rings (SSSR count). The average molecular weight is 300 g/mol. The number of ether oxygens (including phenoxy) is 2. The third kappa shape index (κ3) is 6.61. The Balaban J connectivity index is 1.48. The van der Waals surface area contributed by atoms with Crippen LogP contribution in [0.2, 0.25) is 0 Å². The topological polar surface area (TPSA) is 54.0 Å². The zero-order chi connectivity index (χ0) is 14.9. The zero-order valence-electron chi connectivity index (χ0n) is 13.4. The second-order valence-corrected chi connectivity index (χ2v) is 6.45. The van der Waals surface area contributed by atoms with E-state index in [1.54, 1.807) is 0 Å². The molecule has 1 saturated heterocycles. The summed E-state index contributed by atoms with van der Waals surface area (Å²) in [4.78, 5) is 2.39. The first-order valence-electron chi connectivity index (χ1n) is 8.56. The normalized spacial score (nSPS) is 29.4. The van der Waals surface area contributed by atoms with Crippen molar-refractivity contribution in [3.05, 3.63) is 0 Å². The highest BCUT2D eigenvalue weighted by Crippen LogP contribution is 2.26. The fourth-order valence-electron chi connectivity index (χ4n) is 3.15. The van der Waals surface area contributed by atoms with Gasteiger partial charge in [-0.2, -0.15) is 0 Å². The summed E-state index contributed by atoms with van der Waals surface area (Å²) in [6.45, 7) is 9.00. The number of aliphatic hydroxyl groups excluding tert-OH is 1. The van der Waals surface area contributed by atoms with Crippen LogP contribution in [0.5, 0.6) is 0 Å². The molecular weight excluding hydrogens is 268 g/mol. The molecule has 0 radical (unpaired) electrons. The first-order valence-corrected chi connectivity index (χ1v) is 8.56. The summed E-state index contributed by atoms with van der Waals surface area (Å²) in [6, 6.07) is 0. The Morgan fingerprint density at radius 2 is 2.05 bits per heavy atom. The summed E-state index contributed by atoms with van der Waals surface area (Å²) in [5.41, 5.74) is 0. The van der Waals surface area contributed by atoms with Crippen LogP contribution in [-0.4, -0.2) is 74.8 Å². The Labute approximate surface area is 129 Å². The monoisotopic (exact) mass is 300 g/mol. The standard InChI is InChI=1S/C16H32N2O3/c1-14-4-2-3-5-16(14)21-13-15(19)12-17-6-7-18-8-10-20-11-9-18/h14-17,19H,2-13H2,1H3. The molecule has 0 aromatic carbocycles. The molecule has 3 atom stereocenters. The molecule has 5 heteroatoms. The number of aliphatic hydroxyl groups is 1. The molecule has 2 fully saturated rings. The van der Waals surface area contributed by atoms with E-state index in [0.717, 1.165) is 45.8 Å². The predicted molar refractivity (Wildman–Crippen MR) is 83.5 cm³/mol. The third-order valence-corrected chi connectivity index (χ3v) is 4.62. The van der Waals surface area contributed by atoms with Crippen LogP contribution in [0.25, 0.3) is 0 Å². The predicted octanol–water partition coefficient (Wildman–Crippen LogP) is 0.864. The van der Waals surface area contributed by atoms with Crippen molar-refractivity contribution in [3.63, 3.8) is 0 Å². The summed E-state index contributed by atoms with van der Waals surface area (Å²) >= 11 is 0.